The summed E-state index contributed by atoms with van der Waals surface area (Å²) in [4.78, 5) is 22.0. The van der Waals surface area contributed by atoms with E-state index < -0.39 is 5.69 Å². The van der Waals surface area contributed by atoms with Gasteiger partial charge in [-0.25, -0.2) is 4.79 Å². The Hall–Kier alpha value is -3.55. The third kappa shape index (κ3) is 3.38. The molecule has 0 atom stereocenters. The normalized spacial score (nSPS) is 10.3. The van der Waals surface area contributed by atoms with Gasteiger partial charge in [-0.1, -0.05) is 18.2 Å². The van der Waals surface area contributed by atoms with Crippen molar-refractivity contribution in [1.29, 1.82) is 0 Å². The van der Waals surface area contributed by atoms with Gasteiger partial charge in [-0.2, -0.15) is 9.97 Å². The first-order chi connectivity index (χ1) is 11.1. The average molecular weight is 311 g/mol. The minimum Gasteiger partial charge on any atom is -0.504 e. The molecular formula is C15H13N5O3. The Morgan fingerprint density at radius 2 is 1.70 bits per heavy atom. The number of rotatable bonds is 4. The van der Waals surface area contributed by atoms with Gasteiger partial charge < -0.3 is 10.2 Å². The second-order valence-electron chi connectivity index (χ2n) is 4.65. The fourth-order valence-corrected chi connectivity index (χ4v) is 1.90. The number of nitrogens with one attached hydrogen (secondary N) is 3. The zero-order valence-electron chi connectivity index (χ0n) is 11.8. The number of hydrogen-bond donors (Lipinski definition) is 5. The van der Waals surface area contributed by atoms with Crippen LogP contribution in [0.1, 0.15) is 0 Å². The monoisotopic (exact) mass is 311 g/mol. The molecule has 23 heavy (non-hydrogen) atoms. The van der Waals surface area contributed by atoms with Crippen molar-refractivity contribution in [1.82, 2.24) is 15.0 Å². The summed E-state index contributed by atoms with van der Waals surface area (Å²) >= 11 is 0. The number of aromatic nitrogens is 3. The molecule has 1 heterocycles. The SMILES string of the molecule is O=c1nc(NNc2ccccc2)nc(-c2ccc(O)c(O)c2)[nH]1. The number of hydrazine groups is 1. The minimum absolute atomic E-state index is 0.0696. The number of H-pyrrole nitrogens is 1. The molecule has 0 aliphatic carbocycles. The molecule has 0 saturated carbocycles. The van der Waals surface area contributed by atoms with Crippen LogP contribution >= 0.6 is 0 Å². The van der Waals surface area contributed by atoms with Crippen LogP contribution in [0, 0.1) is 0 Å². The van der Waals surface area contributed by atoms with Crippen LogP contribution in [0.25, 0.3) is 11.4 Å². The summed E-state index contributed by atoms with van der Waals surface area (Å²) in [5, 5.41) is 18.9. The van der Waals surface area contributed by atoms with Gasteiger partial charge in [0.05, 0.1) is 5.69 Å². The number of aromatic hydroxyl groups is 2. The smallest absolute Gasteiger partial charge is 0.349 e. The van der Waals surface area contributed by atoms with E-state index in [0.29, 0.717) is 5.56 Å². The lowest BCUT2D eigenvalue weighted by Gasteiger charge is -2.09. The van der Waals surface area contributed by atoms with E-state index in [1.807, 2.05) is 30.3 Å². The molecule has 3 rings (SSSR count). The van der Waals surface area contributed by atoms with E-state index in [-0.39, 0.29) is 23.3 Å². The summed E-state index contributed by atoms with van der Waals surface area (Å²) in [6.07, 6.45) is 0. The van der Waals surface area contributed by atoms with Gasteiger partial charge in [0, 0.05) is 5.56 Å². The quantitative estimate of drug-likeness (QED) is 0.367. The van der Waals surface area contributed by atoms with Crippen LogP contribution in [0.5, 0.6) is 11.5 Å². The standard InChI is InChI=1S/C15H13N5O3/c21-11-7-6-9(8-12(11)22)13-16-14(18-15(23)17-13)20-19-10-4-2-1-3-5-10/h1-8,19,21-22H,(H2,16,17,18,20,23). The third-order valence-corrected chi connectivity index (χ3v) is 2.99. The predicted molar refractivity (Wildman–Crippen MR) is 85.1 cm³/mol. The molecule has 8 nitrogen and oxygen atoms in total. The number of benzene rings is 2. The molecule has 0 fully saturated rings. The molecule has 3 aromatic rings. The lowest BCUT2D eigenvalue weighted by molar-refractivity contribution is 0.404. The molecule has 8 heteroatoms. The summed E-state index contributed by atoms with van der Waals surface area (Å²) in [6.45, 7) is 0. The van der Waals surface area contributed by atoms with Crippen LogP contribution in [0.15, 0.2) is 53.3 Å². The molecule has 0 amide bonds. The Kier molecular flexibility index (Phi) is 3.79. The maximum atomic E-state index is 11.7. The Bertz CT molecular complexity index is 880. The van der Waals surface area contributed by atoms with Gasteiger partial charge in [-0.3, -0.25) is 15.8 Å². The number of phenolic OH excluding ortho intramolecular Hbond substituents is 2. The molecule has 1 aromatic heterocycles. The predicted octanol–water partition coefficient (Wildman–Crippen LogP) is 1.68. The first-order valence-corrected chi connectivity index (χ1v) is 6.69. The number of hydrogen-bond acceptors (Lipinski definition) is 7. The largest absolute Gasteiger partial charge is 0.504 e. The molecule has 0 spiro atoms. The molecule has 0 unspecified atom stereocenters. The van der Waals surface area contributed by atoms with E-state index in [9.17, 15) is 15.0 Å². The molecule has 0 saturated heterocycles. The molecule has 0 radical (unpaired) electrons. The van der Waals surface area contributed by atoms with Gasteiger partial charge >= 0.3 is 5.69 Å². The molecule has 0 aliphatic rings. The van der Waals surface area contributed by atoms with Crippen LogP contribution in [0.3, 0.4) is 0 Å². The van der Waals surface area contributed by atoms with Crippen molar-refractivity contribution >= 4 is 11.6 Å². The Morgan fingerprint density at radius 3 is 2.43 bits per heavy atom. The highest BCUT2D eigenvalue weighted by molar-refractivity contribution is 5.61. The van der Waals surface area contributed by atoms with Gasteiger partial charge in [0.2, 0.25) is 5.95 Å². The van der Waals surface area contributed by atoms with Crippen LogP contribution in [0.4, 0.5) is 11.6 Å². The molecule has 5 N–H and O–H groups in total. The molecule has 116 valence electrons. The van der Waals surface area contributed by atoms with Crippen molar-refractivity contribution in [2.75, 3.05) is 10.9 Å². The van der Waals surface area contributed by atoms with Crippen LogP contribution in [0.2, 0.25) is 0 Å². The fraction of sp³-hybridized carbons (Fsp3) is 0. The zero-order chi connectivity index (χ0) is 16.2. The van der Waals surface area contributed by atoms with Gasteiger partial charge in [0.15, 0.2) is 11.5 Å². The lowest BCUT2D eigenvalue weighted by Crippen LogP contribution is -2.19. The second-order valence-corrected chi connectivity index (χ2v) is 4.65. The average Bonchev–Trinajstić information content (AvgIpc) is 2.56. The fourth-order valence-electron chi connectivity index (χ4n) is 1.90. The minimum atomic E-state index is -0.597. The highest BCUT2D eigenvalue weighted by atomic mass is 16.3. The molecule has 2 aromatic carbocycles. The van der Waals surface area contributed by atoms with E-state index in [1.54, 1.807) is 0 Å². The van der Waals surface area contributed by atoms with Crippen LogP contribution in [-0.2, 0) is 0 Å². The van der Waals surface area contributed by atoms with Crippen LogP contribution in [-0.4, -0.2) is 25.2 Å². The number of para-hydroxylation sites is 1. The van der Waals surface area contributed by atoms with Gasteiger partial charge in [0.1, 0.15) is 5.82 Å². The van der Waals surface area contributed by atoms with E-state index in [2.05, 4.69) is 25.8 Å². The Balaban J connectivity index is 1.87. The number of phenols is 2. The van der Waals surface area contributed by atoms with E-state index in [4.69, 9.17) is 0 Å². The van der Waals surface area contributed by atoms with Crippen molar-refractivity contribution < 1.29 is 10.2 Å². The van der Waals surface area contributed by atoms with Crippen molar-refractivity contribution in [3.8, 4) is 22.9 Å². The summed E-state index contributed by atoms with van der Waals surface area (Å²) in [7, 11) is 0. The van der Waals surface area contributed by atoms with Gasteiger partial charge in [-0.05, 0) is 30.3 Å². The Labute approximate surface area is 130 Å². The van der Waals surface area contributed by atoms with Crippen LogP contribution < -0.4 is 16.5 Å². The number of nitrogens with zero attached hydrogens (tertiary/aromatic N) is 2. The third-order valence-electron chi connectivity index (χ3n) is 2.99. The first kappa shape index (κ1) is 14.4. The number of anilines is 2. The Morgan fingerprint density at radius 1 is 0.913 bits per heavy atom. The number of aromatic amines is 1. The highest BCUT2D eigenvalue weighted by Crippen LogP contribution is 2.28. The second kappa shape index (κ2) is 6.06. The van der Waals surface area contributed by atoms with Crippen molar-refractivity contribution in [2.45, 2.75) is 0 Å². The highest BCUT2D eigenvalue weighted by Gasteiger charge is 2.08. The summed E-state index contributed by atoms with van der Waals surface area (Å²) in [5.41, 5.74) is 6.22. The van der Waals surface area contributed by atoms with E-state index >= 15 is 0 Å². The maximum Gasteiger partial charge on any atom is 0.349 e. The molecule has 0 bridgehead atoms. The van der Waals surface area contributed by atoms with Crippen molar-refractivity contribution in [2.24, 2.45) is 0 Å². The van der Waals surface area contributed by atoms with Gasteiger partial charge in [0.25, 0.3) is 0 Å². The van der Waals surface area contributed by atoms with Crippen molar-refractivity contribution in [3.63, 3.8) is 0 Å². The van der Waals surface area contributed by atoms with E-state index in [1.165, 1.54) is 18.2 Å². The zero-order valence-corrected chi connectivity index (χ0v) is 11.8. The summed E-state index contributed by atoms with van der Waals surface area (Å²) in [6, 6.07) is 13.4. The molecule has 0 aliphatic heterocycles. The van der Waals surface area contributed by atoms with E-state index in [0.717, 1.165) is 5.69 Å². The molecular weight excluding hydrogens is 298 g/mol. The maximum absolute atomic E-state index is 11.7. The topological polar surface area (TPSA) is 123 Å². The van der Waals surface area contributed by atoms with Crippen molar-refractivity contribution in [3.05, 3.63) is 59.0 Å². The summed E-state index contributed by atoms with van der Waals surface area (Å²) < 4.78 is 0. The first-order valence-electron chi connectivity index (χ1n) is 6.69. The summed E-state index contributed by atoms with van der Waals surface area (Å²) in [5.74, 6) is -0.286. The lowest BCUT2D eigenvalue weighted by atomic mass is 10.2. The van der Waals surface area contributed by atoms with Gasteiger partial charge in [-0.15, -0.1) is 0 Å².